The average Bonchev–Trinajstić information content (AvgIpc) is 2.91. The zero-order chi connectivity index (χ0) is 17.5. The van der Waals surface area contributed by atoms with E-state index in [1.807, 2.05) is 32.0 Å². The maximum Gasteiger partial charge on any atom is 0.257 e. The standard InChI is InChI=1S/C19H27N3O2/c1-5-13(2)16-8-6-7-9-18(16)24-12-19(23)20-11-10-17-14(3)21-22-15(17)4/h6-9,13H,5,10-12H2,1-4H3,(H,20,23)(H,21,22)/t13-/m0/s1. The van der Waals surface area contributed by atoms with Crippen molar-refractivity contribution >= 4 is 5.91 Å². The number of ether oxygens (including phenoxy) is 1. The molecule has 130 valence electrons. The van der Waals surface area contributed by atoms with Crippen LogP contribution in [0.1, 0.15) is 48.7 Å². The molecular formula is C19H27N3O2. The van der Waals surface area contributed by atoms with Crippen molar-refractivity contribution in [1.29, 1.82) is 0 Å². The SMILES string of the molecule is CC[C@H](C)c1ccccc1OCC(=O)NCCc1c(C)n[nH]c1C. The highest BCUT2D eigenvalue weighted by atomic mass is 16.5. The highest BCUT2D eigenvalue weighted by Gasteiger charge is 2.11. The summed E-state index contributed by atoms with van der Waals surface area (Å²) in [6, 6.07) is 7.92. The van der Waals surface area contributed by atoms with E-state index in [0.717, 1.165) is 35.5 Å². The number of para-hydroxylation sites is 1. The van der Waals surface area contributed by atoms with Crippen LogP contribution in [0.5, 0.6) is 5.75 Å². The van der Waals surface area contributed by atoms with Crippen molar-refractivity contribution in [3.05, 3.63) is 46.8 Å². The second kappa shape index (κ2) is 8.52. The molecule has 0 aliphatic carbocycles. The number of H-pyrrole nitrogens is 1. The minimum atomic E-state index is -0.104. The smallest absolute Gasteiger partial charge is 0.257 e. The van der Waals surface area contributed by atoms with Gasteiger partial charge in [0, 0.05) is 12.2 Å². The monoisotopic (exact) mass is 329 g/mol. The molecule has 0 saturated carbocycles. The molecule has 0 unspecified atom stereocenters. The first-order valence-corrected chi connectivity index (χ1v) is 8.51. The van der Waals surface area contributed by atoms with Gasteiger partial charge in [0.1, 0.15) is 5.75 Å². The van der Waals surface area contributed by atoms with Crippen LogP contribution in [0, 0.1) is 13.8 Å². The molecular weight excluding hydrogens is 302 g/mol. The predicted octanol–water partition coefficient (Wildman–Crippen LogP) is 3.28. The quantitative estimate of drug-likeness (QED) is 0.781. The summed E-state index contributed by atoms with van der Waals surface area (Å²) in [6.45, 7) is 8.89. The van der Waals surface area contributed by atoms with Crippen LogP contribution in [0.4, 0.5) is 0 Å². The number of hydrogen-bond donors (Lipinski definition) is 2. The summed E-state index contributed by atoms with van der Waals surface area (Å²) in [5, 5.41) is 10.0. The lowest BCUT2D eigenvalue weighted by Gasteiger charge is -2.15. The third-order valence-corrected chi connectivity index (χ3v) is 4.40. The van der Waals surface area contributed by atoms with Gasteiger partial charge in [-0.1, -0.05) is 32.0 Å². The van der Waals surface area contributed by atoms with E-state index >= 15 is 0 Å². The number of rotatable bonds is 8. The van der Waals surface area contributed by atoms with Crippen molar-refractivity contribution in [2.75, 3.05) is 13.2 Å². The van der Waals surface area contributed by atoms with Gasteiger partial charge in [0.15, 0.2) is 6.61 Å². The Labute approximate surface area is 143 Å². The minimum absolute atomic E-state index is 0.0385. The first-order chi connectivity index (χ1) is 11.5. The number of aromatic amines is 1. The van der Waals surface area contributed by atoms with Crippen molar-refractivity contribution in [3.8, 4) is 5.75 Å². The van der Waals surface area contributed by atoms with Crippen LogP contribution < -0.4 is 10.1 Å². The number of benzene rings is 1. The van der Waals surface area contributed by atoms with Gasteiger partial charge in [0.05, 0.1) is 5.69 Å². The normalized spacial score (nSPS) is 12.0. The Balaban J connectivity index is 1.82. The molecule has 0 spiro atoms. The van der Waals surface area contributed by atoms with Gasteiger partial charge in [-0.05, 0) is 49.8 Å². The van der Waals surface area contributed by atoms with Crippen LogP contribution in [-0.4, -0.2) is 29.3 Å². The van der Waals surface area contributed by atoms with Crippen LogP contribution in [0.3, 0.4) is 0 Å². The van der Waals surface area contributed by atoms with Gasteiger partial charge in [-0.25, -0.2) is 0 Å². The molecule has 1 amide bonds. The minimum Gasteiger partial charge on any atom is -0.483 e. The highest BCUT2D eigenvalue weighted by molar-refractivity contribution is 5.77. The Morgan fingerprint density at radius 2 is 2.08 bits per heavy atom. The van der Waals surface area contributed by atoms with Crippen LogP contribution in [0.15, 0.2) is 24.3 Å². The number of carbonyl (C=O) groups is 1. The van der Waals surface area contributed by atoms with E-state index < -0.39 is 0 Å². The molecule has 0 radical (unpaired) electrons. The van der Waals surface area contributed by atoms with Crippen molar-refractivity contribution in [3.63, 3.8) is 0 Å². The molecule has 1 aromatic carbocycles. The van der Waals surface area contributed by atoms with E-state index in [-0.39, 0.29) is 12.5 Å². The Morgan fingerprint density at radius 3 is 2.75 bits per heavy atom. The topological polar surface area (TPSA) is 67.0 Å². The van der Waals surface area contributed by atoms with Gasteiger partial charge in [-0.15, -0.1) is 0 Å². The molecule has 1 aromatic heterocycles. The highest BCUT2D eigenvalue weighted by Crippen LogP contribution is 2.28. The molecule has 5 nitrogen and oxygen atoms in total. The van der Waals surface area contributed by atoms with Crippen LogP contribution in [0.2, 0.25) is 0 Å². The fourth-order valence-electron chi connectivity index (χ4n) is 2.70. The van der Waals surface area contributed by atoms with E-state index in [9.17, 15) is 4.79 Å². The molecule has 0 fully saturated rings. The lowest BCUT2D eigenvalue weighted by Crippen LogP contribution is -2.30. The molecule has 2 N–H and O–H groups in total. The molecule has 0 saturated heterocycles. The first-order valence-electron chi connectivity index (χ1n) is 8.51. The summed E-state index contributed by atoms with van der Waals surface area (Å²) >= 11 is 0. The van der Waals surface area contributed by atoms with Gasteiger partial charge in [0.2, 0.25) is 0 Å². The van der Waals surface area contributed by atoms with E-state index in [1.165, 1.54) is 5.56 Å². The van der Waals surface area contributed by atoms with Crippen molar-refractivity contribution in [1.82, 2.24) is 15.5 Å². The maximum absolute atomic E-state index is 12.0. The second-order valence-electron chi connectivity index (χ2n) is 6.15. The molecule has 0 bridgehead atoms. The Kier molecular flexibility index (Phi) is 6.41. The molecule has 0 aliphatic rings. The molecule has 2 rings (SSSR count). The predicted molar refractivity (Wildman–Crippen MR) is 95.4 cm³/mol. The van der Waals surface area contributed by atoms with Gasteiger partial charge in [-0.3, -0.25) is 9.89 Å². The van der Waals surface area contributed by atoms with Gasteiger partial charge < -0.3 is 10.1 Å². The van der Waals surface area contributed by atoms with Crippen LogP contribution >= 0.6 is 0 Å². The number of hydrogen-bond acceptors (Lipinski definition) is 3. The van der Waals surface area contributed by atoms with Gasteiger partial charge in [0.25, 0.3) is 5.91 Å². The van der Waals surface area contributed by atoms with Gasteiger partial charge >= 0.3 is 0 Å². The summed E-state index contributed by atoms with van der Waals surface area (Å²) < 4.78 is 5.73. The van der Waals surface area contributed by atoms with Crippen molar-refractivity contribution < 1.29 is 9.53 Å². The summed E-state index contributed by atoms with van der Waals surface area (Å²) in [4.78, 5) is 12.0. The van der Waals surface area contributed by atoms with Gasteiger partial charge in [-0.2, -0.15) is 5.10 Å². The fourth-order valence-corrected chi connectivity index (χ4v) is 2.70. The zero-order valence-corrected chi connectivity index (χ0v) is 15.0. The molecule has 24 heavy (non-hydrogen) atoms. The Bertz CT molecular complexity index is 660. The molecule has 1 atom stereocenters. The Hall–Kier alpha value is -2.30. The zero-order valence-electron chi connectivity index (χ0n) is 15.0. The van der Waals surface area contributed by atoms with E-state index in [0.29, 0.717) is 12.5 Å². The molecule has 0 aliphatic heterocycles. The summed E-state index contributed by atoms with van der Waals surface area (Å²) in [6.07, 6.45) is 1.80. The third-order valence-electron chi connectivity index (χ3n) is 4.40. The maximum atomic E-state index is 12.0. The molecule has 2 aromatic rings. The first kappa shape index (κ1) is 18.0. The summed E-state index contributed by atoms with van der Waals surface area (Å²) in [5.41, 5.74) is 4.36. The van der Waals surface area contributed by atoms with Crippen molar-refractivity contribution in [2.45, 2.75) is 46.5 Å². The number of carbonyl (C=O) groups excluding carboxylic acids is 1. The second-order valence-corrected chi connectivity index (χ2v) is 6.15. The summed E-state index contributed by atoms with van der Waals surface area (Å²) in [7, 11) is 0. The lowest BCUT2D eigenvalue weighted by atomic mass is 9.98. The number of aromatic nitrogens is 2. The van der Waals surface area contributed by atoms with E-state index in [4.69, 9.17) is 4.74 Å². The number of amides is 1. The molecule has 1 heterocycles. The lowest BCUT2D eigenvalue weighted by molar-refractivity contribution is -0.123. The summed E-state index contributed by atoms with van der Waals surface area (Å²) in [5.74, 6) is 1.10. The van der Waals surface area contributed by atoms with Crippen molar-refractivity contribution in [2.24, 2.45) is 0 Å². The van der Waals surface area contributed by atoms with E-state index in [2.05, 4.69) is 35.4 Å². The third kappa shape index (κ3) is 4.60. The van der Waals surface area contributed by atoms with Crippen LogP contribution in [0.25, 0.3) is 0 Å². The fraction of sp³-hybridized carbons (Fsp3) is 0.474. The number of aryl methyl sites for hydroxylation is 2. The largest absolute Gasteiger partial charge is 0.483 e. The number of nitrogens with one attached hydrogen (secondary N) is 2. The average molecular weight is 329 g/mol. The number of nitrogens with zero attached hydrogens (tertiary/aromatic N) is 1. The molecule has 5 heteroatoms. The van der Waals surface area contributed by atoms with Crippen LogP contribution in [-0.2, 0) is 11.2 Å². The Morgan fingerprint density at radius 1 is 1.33 bits per heavy atom. The van der Waals surface area contributed by atoms with E-state index in [1.54, 1.807) is 0 Å².